The number of carbonyl (C=O) groups excluding carboxylic acids is 1. The summed E-state index contributed by atoms with van der Waals surface area (Å²) in [5.74, 6) is -0.125. The highest BCUT2D eigenvalue weighted by molar-refractivity contribution is 5.94. The van der Waals surface area contributed by atoms with Crippen LogP contribution in [0.4, 0.5) is 0 Å². The van der Waals surface area contributed by atoms with Gasteiger partial charge in [-0.25, -0.2) is 0 Å². The van der Waals surface area contributed by atoms with E-state index in [9.17, 15) is 4.79 Å². The standard InChI is InChI=1S/C17H22N4O2/c1-12-14(10-19-20-12)17(22)18-11-15-16(21(2)8-9-23-15)13-6-4-3-5-7-13/h3-7,10,15-16H,8-9,11H2,1-2H3,(H,18,22)(H,19,20)/t15-,16-/m0/s1. The first-order valence-corrected chi connectivity index (χ1v) is 7.82. The van der Waals surface area contributed by atoms with E-state index >= 15 is 0 Å². The lowest BCUT2D eigenvalue weighted by molar-refractivity contribution is -0.0605. The third-order valence-electron chi connectivity index (χ3n) is 4.28. The molecule has 6 nitrogen and oxygen atoms in total. The number of H-pyrrole nitrogens is 1. The van der Waals surface area contributed by atoms with Crippen molar-refractivity contribution in [1.82, 2.24) is 20.4 Å². The molecule has 1 fully saturated rings. The van der Waals surface area contributed by atoms with Crippen LogP contribution in [0.3, 0.4) is 0 Å². The molecule has 122 valence electrons. The van der Waals surface area contributed by atoms with E-state index < -0.39 is 0 Å². The van der Waals surface area contributed by atoms with Crippen LogP contribution in [-0.2, 0) is 4.74 Å². The Morgan fingerprint density at radius 1 is 1.43 bits per heavy atom. The molecule has 1 aliphatic heterocycles. The fraction of sp³-hybridized carbons (Fsp3) is 0.412. The Morgan fingerprint density at radius 2 is 2.22 bits per heavy atom. The number of morpholine rings is 1. The number of amides is 1. The maximum absolute atomic E-state index is 12.3. The van der Waals surface area contributed by atoms with Crippen LogP contribution in [0.15, 0.2) is 36.5 Å². The summed E-state index contributed by atoms with van der Waals surface area (Å²) in [6.45, 7) is 3.85. The summed E-state index contributed by atoms with van der Waals surface area (Å²) >= 11 is 0. The molecule has 0 spiro atoms. The fourth-order valence-electron chi connectivity index (χ4n) is 3.02. The predicted molar refractivity (Wildman–Crippen MR) is 87.2 cm³/mol. The molecule has 3 rings (SSSR count). The Labute approximate surface area is 135 Å². The van der Waals surface area contributed by atoms with E-state index in [0.29, 0.717) is 18.7 Å². The van der Waals surface area contributed by atoms with Crippen molar-refractivity contribution in [2.24, 2.45) is 0 Å². The van der Waals surface area contributed by atoms with E-state index in [1.165, 1.54) is 5.56 Å². The molecule has 1 amide bonds. The molecule has 2 N–H and O–H groups in total. The van der Waals surface area contributed by atoms with Crippen LogP contribution in [0.2, 0.25) is 0 Å². The Kier molecular flexibility index (Phi) is 4.73. The summed E-state index contributed by atoms with van der Waals surface area (Å²) in [4.78, 5) is 14.5. The van der Waals surface area contributed by atoms with Crippen molar-refractivity contribution in [1.29, 1.82) is 0 Å². The molecular weight excluding hydrogens is 292 g/mol. The lowest BCUT2D eigenvalue weighted by atomic mass is 9.98. The van der Waals surface area contributed by atoms with Gasteiger partial charge in [-0.3, -0.25) is 14.8 Å². The summed E-state index contributed by atoms with van der Waals surface area (Å²) < 4.78 is 5.93. The molecule has 0 radical (unpaired) electrons. The number of ether oxygens (including phenoxy) is 1. The molecule has 0 saturated carbocycles. The van der Waals surface area contributed by atoms with Gasteiger partial charge < -0.3 is 10.1 Å². The molecule has 0 aliphatic carbocycles. The minimum Gasteiger partial charge on any atom is -0.373 e. The van der Waals surface area contributed by atoms with Gasteiger partial charge in [0.1, 0.15) is 0 Å². The van der Waals surface area contributed by atoms with E-state index in [1.807, 2.05) is 25.1 Å². The highest BCUT2D eigenvalue weighted by atomic mass is 16.5. The van der Waals surface area contributed by atoms with Gasteiger partial charge >= 0.3 is 0 Å². The van der Waals surface area contributed by atoms with Crippen LogP contribution >= 0.6 is 0 Å². The van der Waals surface area contributed by atoms with Gasteiger partial charge in [-0.05, 0) is 19.5 Å². The predicted octanol–water partition coefficient (Wildman–Crippen LogP) is 1.52. The Bertz CT molecular complexity index is 656. The number of rotatable bonds is 4. The second kappa shape index (κ2) is 6.93. The molecule has 0 bridgehead atoms. The molecule has 2 heterocycles. The minimum atomic E-state index is -0.125. The minimum absolute atomic E-state index is 0.0766. The molecule has 6 heteroatoms. The first-order chi connectivity index (χ1) is 11.2. The zero-order valence-corrected chi connectivity index (χ0v) is 13.5. The number of likely N-dealkylation sites (N-methyl/N-ethyl adjacent to an activating group) is 1. The monoisotopic (exact) mass is 314 g/mol. The van der Waals surface area contributed by atoms with Gasteiger partial charge in [-0.15, -0.1) is 0 Å². The average Bonchev–Trinajstić information content (AvgIpc) is 2.99. The molecule has 1 aromatic heterocycles. The summed E-state index contributed by atoms with van der Waals surface area (Å²) in [5.41, 5.74) is 2.54. The third-order valence-corrected chi connectivity index (χ3v) is 4.28. The van der Waals surface area contributed by atoms with Gasteiger partial charge in [-0.1, -0.05) is 30.3 Å². The van der Waals surface area contributed by atoms with Gasteiger partial charge in [0, 0.05) is 18.8 Å². The van der Waals surface area contributed by atoms with Gasteiger partial charge in [0.2, 0.25) is 0 Å². The first-order valence-electron chi connectivity index (χ1n) is 7.82. The summed E-state index contributed by atoms with van der Waals surface area (Å²) in [6, 6.07) is 10.4. The van der Waals surface area contributed by atoms with E-state index in [1.54, 1.807) is 6.20 Å². The molecule has 2 atom stereocenters. The van der Waals surface area contributed by atoms with Crippen molar-refractivity contribution < 1.29 is 9.53 Å². The van der Waals surface area contributed by atoms with Crippen LogP contribution in [0, 0.1) is 6.92 Å². The third kappa shape index (κ3) is 3.43. The number of carbonyl (C=O) groups is 1. The van der Waals surface area contributed by atoms with Crippen molar-refractivity contribution in [3.8, 4) is 0 Å². The molecule has 2 aromatic rings. The average molecular weight is 314 g/mol. The van der Waals surface area contributed by atoms with Gasteiger partial charge in [0.05, 0.1) is 30.5 Å². The van der Waals surface area contributed by atoms with Gasteiger partial charge in [0.15, 0.2) is 0 Å². The normalized spacial score (nSPS) is 22.0. The number of hydrogen-bond donors (Lipinski definition) is 2. The Balaban J connectivity index is 1.70. The maximum atomic E-state index is 12.3. The van der Waals surface area contributed by atoms with Crippen molar-refractivity contribution in [2.45, 2.75) is 19.1 Å². The van der Waals surface area contributed by atoms with E-state index in [4.69, 9.17) is 4.74 Å². The molecular formula is C17H22N4O2. The van der Waals surface area contributed by atoms with E-state index in [0.717, 1.165) is 12.2 Å². The zero-order valence-electron chi connectivity index (χ0n) is 13.5. The number of hydrogen-bond acceptors (Lipinski definition) is 4. The second-order valence-electron chi connectivity index (χ2n) is 5.86. The van der Waals surface area contributed by atoms with Gasteiger partial charge in [0.25, 0.3) is 5.91 Å². The SMILES string of the molecule is Cc1[nH]ncc1C(=O)NC[C@@H]1OCCN(C)[C@H]1c1ccccc1. The number of nitrogens with zero attached hydrogens (tertiary/aromatic N) is 2. The lowest BCUT2D eigenvalue weighted by Crippen LogP contribution is -2.48. The second-order valence-corrected chi connectivity index (χ2v) is 5.86. The van der Waals surface area contributed by atoms with Crippen LogP contribution in [0.25, 0.3) is 0 Å². The maximum Gasteiger partial charge on any atom is 0.254 e. The van der Waals surface area contributed by atoms with Crippen LogP contribution < -0.4 is 5.32 Å². The molecule has 23 heavy (non-hydrogen) atoms. The lowest BCUT2D eigenvalue weighted by Gasteiger charge is -2.39. The van der Waals surface area contributed by atoms with Crippen molar-refractivity contribution in [3.05, 3.63) is 53.3 Å². The Morgan fingerprint density at radius 3 is 2.91 bits per heavy atom. The highest BCUT2D eigenvalue weighted by Gasteiger charge is 2.31. The molecule has 1 aromatic carbocycles. The van der Waals surface area contributed by atoms with Gasteiger partial charge in [-0.2, -0.15) is 5.10 Å². The van der Waals surface area contributed by atoms with Crippen molar-refractivity contribution in [3.63, 3.8) is 0 Å². The highest BCUT2D eigenvalue weighted by Crippen LogP contribution is 2.27. The molecule has 0 unspecified atom stereocenters. The largest absolute Gasteiger partial charge is 0.373 e. The smallest absolute Gasteiger partial charge is 0.254 e. The van der Waals surface area contributed by atoms with Crippen LogP contribution in [0.5, 0.6) is 0 Å². The van der Waals surface area contributed by atoms with E-state index in [-0.39, 0.29) is 18.1 Å². The summed E-state index contributed by atoms with van der Waals surface area (Å²) in [7, 11) is 2.09. The summed E-state index contributed by atoms with van der Waals surface area (Å²) in [5, 5.41) is 9.63. The quantitative estimate of drug-likeness (QED) is 0.898. The van der Waals surface area contributed by atoms with Crippen molar-refractivity contribution >= 4 is 5.91 Å². The summed E-state index contributed by atoms with van der Waals surface area (Å²) in [6.07, 6.45) is 1.47. The Hall–Kier alpha value is -2.18. The van der Waals surface area contributed by atoms with E-state index in [2.05, 4.69) is 39.6 Å². The number of aromatic amines is 1. The topological polar surface area (TPSA) is 70.2 Å². The number of benzene rings is 1. The number of aryl methyl sites for hydroxylation is 1. The van der Waals surface area contributed by atoms with Crippen LogP contribution in [0.1, 0.15) is 27.7 Å². The zero-order chi connectivity index (χ0) is 16.2. The molecule has 1 saturated heterocycles. The number of nitrogens with one attached hydrogen (secondary N) is 2. The first kappa shape index (κ1) is 15.7. The fourth-order valence-corrected chi connectivity index (χ4v) is 3.02. The molecule has 1 aliphatic rings. The number of aromatic nitrogens is 2. The van der Waals surface area contributed by atoms with Crippen LogP contribution in [-0.4, -0.2) is 53.9 Å². The van der Waals surface area contributed by atoms with Crippen molar-refractivity contribution in [2.75, 3.05) is 26.7 Å².